The molecule has 0 atom stereocenters. The van der Waals surface area contributed by atoms with Crippen LogP contribution in [-0.4, -0.2) is 27.5 Å². The van der Waals surface area contributed by atoms with Crippen LogP contribution in [0, 0.1) is 0 Å². The summed E-state index contributed by atoms with van der Waals surface area (Å²) in [5, 5.41) is 7.98. The number of hydrogen-bond acceptors (Lipinski definition) is 5. The summed E-state index contributed by atoms with van der Waals surface area (Å²) in [5.41, 5.74) is 2.35. The van der Waals surface area contributed by atoms with Gasteiger partial charge in [-0.05, 0) is 24.8 Å². The third kappa shape index (κ3) is 3.15. The second kappa shape index (κ2) is 6.11. The molecule has 0 aliphatic heterocycles. The van der Waals surface area contributed by atoms with Gasteiger partial charge in [0, 0.05) is 31.6 Å². The molecule has 0 spiro atoms. The summed E-state index contributed by atoms with van der Waals surface area (Å²) >= 11 is 0. The topological polar surface area (TPSA) is 70.2 Å². The Bertz CT molecular complexity index is 630. The SMILES string of the molecule is Cn1cc(CCOC(=O)c2noc3c2CCCCC3)cn1. The Kier molecular flexibility index (Phi) is 4.03. The number of ether oxygens (including phenoxy) is 1. The normalized spacial score (nSPS) is 14.5. The molecule has 2 heterocycles. The Balaban J connectivity index is 1.59. The van der Waals surface area contributed by atoms with Crippen LogP contribution in [0.2, 0.25) is 0 Å². The summed E-state index contributed by atoms with van der Waals surface area (Å²) in [4.78, 5) is 12.1. The van der Waals surface area contributed by atoms with E-state index >= 15 is 0 Å². The summed E-state index contributed by atoms with van der Waals surface area (Å²) in [7, 11) is 1.86. The van der Waals surface area contributed by atoms with Gasteiger partial charge in [-0.3, -0.25) is 4.68 Å². The number of carbonyl (C=O) groups is 1. The molecule has 6 nitrogen and oxygen atoms in total. The molecule has 0 saturated carbocycles. The number of fused-ring (bicyclic) bond motifs is 1. The second-order valence-corrected chi connectivity index (χ2v) is 5.40. The zero-order valence-electron chi connectivity index (χ0n) is 12.2. The molecule has 2 aromatic heterocycles. The molecule has 2 aromatic rings. The molecular formula is C15H19N3O3. The molecule has 1 aliphatic rings. The molecule has 0 radical (unpaired) electrons. The average Bonchev–Trinajstić information content (AvgIpc) is 2.99. The third-order valence-corrected chi connectivity index (χ3v) is 3.78. The number of aromatic nitrogens is 3. The van der Waals surface area contributed by atoms with E-state index in [0.29, 0.717) is 18.7 Å². The molecule has 0 aromatic carbocycles. The van der Waals surface area contributed by atoms with E-state index in [1.807, 2.05) is 13.2 Å². The van der Waals surface area contributed by atoms with Crippen molar-refractivity contribution in [3.8, 4) is 0 Å². The fourth-order valence-corrected chi connectivity index (χ4v) is 2.65. The van der Waals surface area contributed by atoms with Gasteiger partial charge in [0.1, 0.15) is 5.76 Å². The minimum atomic E-state index is -0.384. The molecule has 0 saturated heterocycles. The lowest BCUT2D eigenvalue weighted by atomic mass is 10.1. The van der Waals surface area contributed by atoms with Crippen LogP contribution in [0.15, 0.2) is 16.9 Å². The van der Waals surface area contributed by atoms with E-state index in [0.717, 1.165) is 42.6 Å². The van der Waals surface area contributed by atoms with E-state index in [9.17, 15) is 4.79 Å². The summed E-state index contributed by atoms with van der Waals surface area (Å²) in [6, 6.07) is 0. The smallest absolute Gasteiger partial charge is 0.360 e. The highest BCUT2D eigenvalue weighted by Crippen LogP contribution is 2.24. The first-order valence-corrected chi connectivity index (χ1v) is 7.36. The van der Waals surface area contributed by atoms with E-state index in [2.05, 4.69) is 10.3 Å². The van der Waals surface area contributed by atoms with Crippen molar-refractivity contribution >= 4 is 5.97 Å². The van der Waals surface area contributed by atoms with Crippen LogP contribution >= 0.6 is 0 Å². The number of carbonyl (C=O) groups excluding carboxylic acids is 1. The fourth-order valence-electron chi connectivity index (χ4n) is 2.65. The summed E-state index contributed by atoms with van der Waals surface area (Å²) in [5.74, 6) is 0.470. The predicted molar refractivity (Wildman–Crippen MR) is 75.0 cm³/mol. The Morgan fingerprint density at radius 2 is 2.24 bits per heavy atom. The van der Waals surface area contributed by atoms with Gasteiger partial charge in [-0.1, -0.05) is 11.6 Å². The van der Waals surface area contributed by atoms with Crippen molar-refractivity contribution in [3.05, 3.63) is 35.0 Å². The van der Waals surface area contributed by atoms with Gasteiger partial charge >= 0.3 is 5.97 Å². The molecule has 6 heteroatoms. The fraction of sp³-hybridized carbons (Fsp3) is 0.533. The molecular weight excluding hydrogens is 270 g/mol. The van der Waals surface area contributed by atoms with Crippen molar-refractivity contribution in [2.75, 3.05) is 6.61 Å². The molecule has 0 unspecified atom stereocenters. The van der Waals surface area contributed by atoms with E-state index in [-0.39, 0.29) is 5.97 Å². The van der Waals surface area contributed by atoms with Gasteiger partial charge < -0.3 is 9.26 Å². The van der Waals surface area contributed by atoms with Crippen LogP contribution in [0.25, 0.3) is 0 Å². The Hall–Kier alpha value is -2.11. The minimum Gasteiger partial charge on any atom is -0.461 e. The van der Waals surface area contributed by atoms with Crippen LogP contribution in [-0.2, 0) is 31.0 Å². The number of rotatable bonds is 4. The van der Waals surface area contributed by atoms with Crippen LogP contribution in [0.1, 0.15) is 46.6 Å². The van der Waals surface area contributed by atoms with Crippen LogP contribution in [0.3, 0.4) is 0 Å². The van der Waals surface area contributed by atoms with Gasteiger partial charge in [0.25, 0.3) is 0 Å². The highest BCUT2D eigenvalue weighted by Gasteiger charge is 2.24. The zero-order chi connectivity index (χ0) is 14.7. The molecule has 0 bridgehead atoms. The minimum absolute atomic E-state index is 0.326. The molecule has 0 fully saturated rings. The Morgan fingerprint density at radius 3 is 3.05 bits per heavy atom. The maximum absolute atomic E-state index is 12.1. The Morgan fingerprint density at radius 1 is 1.38 bits per heavy atom. The monoisotopic (exact) mass is 289 g/mol. The van der Waals surface area contributed by atoms with Crippen molar-refractivity contribution in [1.82, 2.24) is 14.9 Å². The van der Waals surface area contributed by atoms with E-state index in [4.69, 9.17) is 9.26 Å². The standard InChI is InChI=1S/C15H19N3O3/c1-18-10-11(9-16-18)7-8-20-15(19)14-12-5-3-2-4-6-13(12)21-17-14/h9-10H,2-8H2,1H3. The molecule has 3 rings (SSSR count). The zero-order valence-corrected chi connectivity index (χ0v) is 12.2. The third-order valence-electron chi connectivity index (χ3n) is 3.78. The van der Waals surface area contributed by atoms with Crippen LogP contribution < -0.4 is 0 Å². The highest BCUT2D eigenvalue weighted by molar-refractivity contribution is 5.89. The average molecular weight is 289 g/mol. The van der Waals surface area contributed by atoms with Gasteiger partial charge in [0.05, 0.1) is 12.8 Å². The first-order valence-electron chi connectivity index (χ1n) is 7.36. The van der Waals surface area contributed by atoms with Crippen molar-refractivity contribution in [3.63, 3.8) is 0 Å². The number of nitrogens with zero attached hydrogens (tertiary/aromatic N) is 3. The summed E-state index contributed by atoms with van der Waals surface area (Å²) in [6.45, 7) is 0.326. The lowest BCUT2D eigenvalue weighted by molar-refractivity contribution is 0.0496. The van der Waals surface area contributed by atoms with Gasteiger partial charge in [-0.25, -0.2) is 4.79 Å². The number of aryl methyl sites for hydroxylation is 2. The maximum atomic E-state index is 12.1. The van der Waals surface area contributed by atoms with Crippen molar-refractivity contribution in [1.29, 1.82) is 0 Å². The van der Waals surface area contributed by atoms with Crippen molar-refractivity contribution in [2.45, 2.75) is 38.5 Å². The van der Waals surface area contributed by atoms with Gasteiger partial charge in [-0.2, -0.15) is 5.10 Å². The lowest BCUT2D eigenvalue weighted by Crippen LogP contribution is -2.10. The molecule has 21 heavy (non-hydrogen) atoms. The van der Waals surface area contributed by atoms with Crippen molar-refractivity contribution < 1.29 is 14.1 Å². The summed E-state index contributed by atoms with van der Waals surface area (Å²) in [6.07, 6.45) is 9.39. The van der Waals surface area contributed by atoms with Crippen LogP contribution in [0.4, 0.5) is 0 Å². The molecule has 112 valence electrons. The highest BCUT2D eigenvalue weighted by atomic mass is 16.5. The first kappa shape index (κ1) is 13.9. The lowest BCUT2D eigenvalue weighted by Gasteiger charge is -2.03. The Labute approximate surface area is 123 Å². The van der Waals surface area contributed by atoms with E-state index < -0.39 is 0 Å². The second-order valence-electron chi connectivity index (χ2n) is 5.40. The predicted octanol–water partition coefficient (Wildman–Crippen LogP) is 2.08. The van der Waals surface area contributed by atoms with Gasteiger partial charge in [0.2, 0.25) is 0 Å². The van der Waals surface area contributed by atoms with E-state index in [1.54, 1.807) is 10.9 Å². The summed E-state index contributed by atoms with van der Waals surface area (Å²) < 4.78 is 12.3. The maximum Gasteiger partial charge on any atom is 0.360 e. The largest absolute Gasteiger partial charge is 0.461 e. The van der Waals surface area contributed by atoms with Gasteiger partial charge in [-0.15, -0.1) is 0 Å². The first-order chi connectivity index (χ1) is 10.2. The molecule has 0 amide bonds. The van der Waals surface area contributed by atoms with Gasteiger partial charge in [0.15, 0.2) is 5.69 Å². The van der Waals surface area contributed by atoms with Crippen LogP contribution in [0.5, 0.6) is 0 Å². The number of hydrogen-bond donors (Lipinski definition) is 0. The van der Waals surface area contributed by atoms with E-state index in [1.165, 1.54) is 6.42 Å². The quantitative estimate of drug-likeness (QED) is 0.636. The van der Waals surface area contributed by atoms with Crippen molar-refractivity contribution in [2.24, 2.45) is 7.05 Å². The number of esters is 1. The molecule has 0 N–H and O–H groups in total. The molecule has 1 aliphatic carbocycles.